The maximum atomic E-state index is 13.8. The Morgan fingerprint density at radius 1 is 0.958 bits per heavy atom. The van der Waals surface area contributed by atoms with E-state index < -0.39 is 5.41 Å². The van der Waals surface area contributed by atoms with Gasteiger partial charge in [0.1, 0.15) is 5.70 Å². The van der Waals surface area contributed by atoms with E-state index in [1.165, 1.54) is 12.4 Å². The Morgan fingerprint density at radius 2 is 1.71 bits per heavy atom. The first-order valence-corrected chi connectivity index (χ1v) is 16.0. The van der Waals surface area contributed by atoms with Crippen LogP contribution >= 0.6 is 0 Å². The van der Waals surface area contributed by atoms with Crippen LogP contribution in [0.3, 0.4) is 0 Å². The molecule has 0 bridgehead atoms. The average molecular weight is 648 g/mol. The maximum absolute atomic E-state index is 13.8. The molecule has 0 saturated carbocycles. The number of aromatic nitrogens is 2. The van der Waals surface area contributed by atoms with Crippen molar-refractivity contribution in [2.75, 3.05) is 69.7 Å². The molecule has 7 rings (SSSR count). The number of fused-ring (bicyclic) bond motifs is 1. The number of anilines is 2. The molecule has 4 aliphatic heterocycles. The fraction of sp³-hybridized carbons (Fsp3) is 0.314. The fourth-order valence-electron chi connectivity index (χ4n) is 6.61. The number of benzene rings is 2. The predicted octanol–water partition coefficient (Wildman–Crippen LogP) is 4.31. The molecule has 1 atom stereocenters. The van der Waals surface area contributed by atoms with Crippen LogP contribution in [0.25, 0.3) is 17.1 Å². The Bertz CT molecular complexity index is 1780. The molecule has 2 amide bonds. The highest BCUT2D eigenvalue weighted by Gasteiger charge is 2.45. The standard InChI is InChI=1S/C35H37N9O4/c1-48-24-35(34(46)38-27-5-8-30-29(21-27)32(40-39-30)25-9-14-44(47)15-10-25)11-16-41(23-35)22-31(45)43-19-17-42(18-20-43)28-6-3-26(4-7-28)33-36-12-2-13-37-33/h2-10,12-15,21,47H,11,16-20,22-24H2,1H3,(H,38,46)/t35-/m1/s1. The van der Waals surface area contributed by atoms with Gasteiger partial charge in [-0.3, -0.25) is 19.7 Å². The largest absolute Gasteiger partial charge is 0.384 e. The molecule has 2 fully saturated rings. The van der Waals surface area contributed by atoms with Gasteiger partial charge in [-0.1, -0.05) is 0 Å². The third-order valence-corrected chi connectivity index (χ3v) is 9.24. The first-order valence-electron chi connectivity index (χ1n) is 16.0. The number of rotatable bonds is 8. The Morgan fingerprint density at radius 3 is 2.44 bits per heavy atom. The van der Waals surface area contributed by atoms with Gasteiger partial charge in [-0.2, -0.15) is 0 Å². The molecule has 13 nitrogen and oxygen atoms in total. The minimum atomic E-state index is -0.792. The van der Waals surface area contributed by atoms with Crippen molar-refractivity contribution in [3.63, 3.8) is 0 Å². The molecule has 2 saturated heterocycles. The molecule has 0 spiro atoms. The highest BCUT2D eigenvalue weighted by molar-refractivity contribution is 5.97. The molecule has 5 heterocycles. The van der Waals surface area contributed by atoms with E-state index in [-0.39, 0.29) is 25.0 Å². The second-order valence-electron chi connectivity index (χ2n) is 12.4. The number of hydroxylamine groups is 2. The van der Waals surface area contributed by atoms with Crippen LogP contribution in [0.4, 0.5) is 17.1 Å². The smallest absolute Gasteiger partial charge is 0.236 e. The van der Waals surface area contributed by atoms with Gasteiger partial charge >= 0.3 is 0 Å². The van der Waals surface area contributed by atoms with Crippen molar-refractivity contribution in [1.82, 2.24) is 24.8 Å². The zero-order valence-corrected chi connectivity index (χ0v) is 26.7. The lowest BCUT2D eigenvalue weighted by Crippen LogP contribution is -2.51. The van der Waals surface area contributed by atoms with Crippen LogP contribution in [0, 0.1) is 5.41 Å². The second-order valence-corrected chi connectivity index (χ2v) is 12.4. The molecule has 2 aromatic carbocycles. The lowest BCUT2D eigenvalue weighted by atomic mass is 9.86. The molecular weight excluding hydrogens is 610 g/mol. The highest BCUT2D eigenvalue weighted by atomic mass is 16.5. The highest BCUT2D eigenvalue weighted by Crippen LogP contribution is 2.40. The van der Waals surface area contributed by atoms with E-state index in [1.807, 2.05) is 35.2 Å². The van der Waals surface area contributed by atoms with Crippen LogP contribution in [0.1, 0.15) is 12.0 Å². The molecule has 1 aromatic heterocycles. The molecule has 0 unspecified atom stereocenters. The van der Waals surface area contributed by atoms with E-state index in [0.29, 0.717) is 55.5 Å². The number of carbonyl (C=O) groups is 2. The summed E-state index contributed by atoms with van der Waals surface area (Å²) in [6.45, 7) is 4.32. The number of hydrogen-bond donors (Lipinski definition) is 2. The number of nitrogens with zero attached hydrogens (tertiary/aromatic N) is 8. The van der Waals surface area contributed by atoms with E-state index in [0.717, 1.165) is 40.5 Å². The predicted molar refractivity (Wildman–Crippen MR) is 180 cm³/mol. The van der Waals surface area contributed by atoms with Crippen LogP contribution in [0.2, 0.25) is 0 Å². The Balaban J connectivity index is 0.945. The number of allylic oxidation sites excluding steroid dienone is 3. The summed E-state index contributed by atoms with van der Waals surface area (Å²) in [6.07, 6.45) is 10.6. The number of carbonyl (C=O) groups excluding carboxylic acids is 2. The topological polar surface area (TPSA) is 139 Å². The average Bonchev–Trinajstić information content (AvgIpc) is 3.74. The van der Waals surface area contributed by atoms with E-state index in [4.69, 9.17) is 4.74 Å². The first kappa shape index (κ1) is 31.4. The molecule has 48 heavy (non-hydrogen) atoms. The van der Waals surface area contributed by atoms with Crippen molar-refractivity contribution in [3.05, 3.63) is 96.6 Å². The number of ether oxygens (including phenoxy) is 1. The Labute approximate surface area is 278 Å². The first-order chi connectivity index (χ1) is 23.4. The number of hydrogen-bond acceptors (Lipinski definition) is 11. The van der Waals surface area contributed by atoms with Crippen LogP contribution in [0.5, 0.6) is 0 Å². The monoisotopic (exact) mass is 647 g/mol. The van der Waals surface area contributed by atoms with Crippen molar-refractivity contribution >= 4 is 34.6 Å². The van der Waals surface area contributed by atoms with Gasteiger partial charge in [0.15, 0.2) is 5.82 Å². The van der Waals surface area contributed by atoms with Crippen molar-refractivity contribution in [2.24, 2.45) is 15.6 Å². The normalized spacial score (nSPS) is 20.5. The number of piperazine rings is 1. The number of nitrogens with one attached hydrogen (secondary N) is 1. The quantitative estimate of drug-likeness (QED) is 0.366. The van der Waals surface area contributed by atoms with E-state index in [2.05, 4.69) is 47.4 Å². The van der Waals surface area contributed by atoms with Gasteiger partial charge in [-0.25, -0.2) is 15.0 Å². The van der Waals surface area contributed by atoms with Crippen LogP contribution < -0.4 is 10.2 Å². The molecule has 13 heteroatoms. The van der Waals surface area contributed by atoms with Crippen molar-refractivity contribution < 1.29 is 19.5 Å². The lowest BCUT2D eigenvalue weighted by Gasteiger charge is -2.37. The van der Waals surface area contributed by atoms with E-state index >= 15 is 0 Å². The van der Waals surface area contributed by atoms with Gasteiger partial charge in [0.05, 0.1) is 24.3 Å². The van der Waals surface area contributed by atoms with Gasteiger partial charge in [0.2, 0.25) is 11.8 Å². The maximum Gasteiger partial charge on any atom is 0.236 e. The van der Waals surface area contributed by atoms with E-state index in [9.17, 15) is 14.8 Å². The van der Waals surface area contributed by atoms with Crippen molar-refractivity contribution in [2.45, 2.75) is 6.42 Å². The zero-order chi connectivity index (χ0) is 33.1. The summed E-state index contributed by atoms with van der Waals surface area (Å²) in [5.41, 5.74) is 4.87. The van der Waals surface area contributed by atoms with Gasteiger partial charge in [0.25, 0.3) is 0 Å². The number of likely N-dealkylation sites (tertiary alicyclic amines) is 1. The SMILES string of the molecule is COC[C@@]1(C(=O)Nc2ccc3c(c2)C(=C2C=CN(O)C=C2)N=N3)CCN(CC(=O)N2CCN(c3ccc(-c4ncccn4)cc3)CC2)C1. The third-order valence-electron chi connectivity index (χ3n) is 9.24. The Kier molecular flexibility index (Phi) is 8.80. The zero-order valence-electron chi connectivity index (χ0n) is 26.7. The lowest BCUT2D eigenvalue weighted by molar-refractivity contribution is -0.133. The minimum absolute atomic E-state index is 0.0710. The minimum Gasteiger partial charge on any atom is -0.384 e. The summed E-state index contributed by atoms with van der Waals surface area (Å²) in [7, 11) is 1.60. The van der Waals surface area contributed by atoms with Crippen LogP contribution in [0.15, 0.2) is 101 Å². The molecule has 4 aliphatic rings. The van der Waals surface area contributed by atoms with Gasteiger partial charge in [-0.15, -0.1) is 10.2 Å². The summed E-state index contributed by atoms with van der Waals surface area (Å²) in [5, 5.41) is 22.2. The molecule has 0 radical (unpaired) electrons. The van der Waals surface area contributed by atoms with Crippen LogP contribution in [-0.4, -0.2) is 101 Å². The fourth-order valence-corrected chi connectivity index (χ4v) is 6.61. The summed E-state index contributed by atoms with van der Waals surface area (Å²) in [6, 6.07) is 15.5. The molecular formula is C35H37N9O4. The van der Waals surface area contributed by atoms with Gasteiger partial charge in [-0.05, 0) is 73.6 Å². The molecule has 0 aliphatic carbocycles. The van der Waals surface area contributed by atoms with Crippen LogP contribution in [-0.2, 0) is 14.3 Å². The third kappa shape index (κ3) is 6.47. The van der Waals surface area contributed by atoms with E-state index in [1.54, 1.807) is 37.7 Å². The summed E-state index contributed by atoms with van der Waals surface area (Å²) >= 11 is 0. The molecule has 3 aromatic rings. The second kappa shape index (κ2) is 13.5. The number of amides is 2. The summed E-state index contributed by atoms with van der Waals surface area (Å²) in [5.74, 6) is 0.622. The van der Waals surface area contributed by atoms with Gasteiger partial charge in [0, 0.05) is 92.7 Å². The van der Waals surface area contributed by atoms with Crippen molar-refractivity contribution in [1.29, 1.82) is 0 Å². The number of azo groups is 1. The summed E-state index contributed by atoms with van der Waals surface area (Å²) in [4.78, 5) is 42.1. The van der Waals surface area contributed by atoms with Gasteiger partial charge < -0.3 is 19.9 Å². The molecule has 2 N–H and O–H groups in total. The molecule has 246 valence electrons. The summed E-state index contributed by atoms with van der Waals surface area (Å²) < 4.78 is 5.55. The Hall–Kier alpha value is -5.24. The number of methoxy groups -OCH3 is 1. The van der Waals surface area contributed by atoms with Crippen molar-refractivity contribution in [3.8, 4) is 11.4 Å².